The normalized spacial score (nSPS) is 12.2. The Hall–Kier alpha value is -1.42. The maximum atomic E-state index is 11.3. The maximum absolute atomic E-state index is 11.3. The highest BCUT2D eigenvalue weighted by Crippen LogP contribution is 2.06. The average Bonchev–Trinajstić information content (AvgIpc) is 2.26. The van der Waals surface area contributed by atoms with Crippen LogP contribution in [0, 0.1) is 0 Å². The summed E-state index contributed by atoms with van der Waals surface area (Å²) in [6, 6.07) is 5.85. The second-order valence-corrected chi connectivity index (χ2v) is 3.65. The number of pyridine rings is 1. The molecule has 0 aliphatic carbocycles. The van der Waals surface area contributed by atoms with Crippen LogP contribution in [-0.2, 0) is 4.79 Å². The molecule has 15 heavy (non-hydrogen) atoms. The summed E-state index contributed by atoms with van der Waals surface area (Å²) in [5.74, 6) is 0.0674. The molecule has 4 nitrogen and oxygen atoms in total. The third-order valence-corrected chi connectivity index (χ3v) is 2.19. The second-order valence-electron chi connectivity index (χ2n) is 3.65. The molecule has 1 aromatic heterocycles. The van der Waals surface area contributed by atoms with Crippen LogP contribution < -0.4 is 5.32 Å². The summed E-state index contributed by atoms with van der Waals surface area (Å²) in [7, 11) is 3.49. The van der Waals surface area contributed by atoms with Crippen LogP contribution >= 0.6 is 0 Å². The van der Waals surface area contributed by atoms with Gasteiger partial charge in [-0.15, -0.1) is 0 Å². The summed E-state index contributed by atoms with van der Waals surface area (Å²) < 4.78 is 0. The van der Waals surface area contributed by atoms with E-state index in [1.54, 1.807) is 25.2 Å². The number of nitrogens with zero attached hydrogens (tertiary/aromatic N) is 2. The Labute approximate surface area is 90.3 Å². The number of hydrogen-bond donors (Lipinski definition) is 1. The Morgan fingerprint density at radius 3 is 2.80 bits per heavy atom. The Morgan fingerprint density at radius 2 is 2.27 bits per heavy atom. The van der Waals surface area contributed by atoms with Gasteiger partial charge in [-0.2, -0.15) is 0 Å². The lowest BCUT2D eigenvalue weighted by atomic mass is 10.2. The van der Waals surface area contributed by atoms with Gasteiger partial charge >= 0.3 is 0 Å². The first-order valence-electron chi connectivity index (χ1n) is 4.95. The summed E-state index contributed by atoms with van der Waals surface area (Å²) in [5.41, 5.74) is 0.948. The lowest BCUT2D eigenvalue weighted by molar-refractivity contribution is -0.127. The SMILES string of the molecule is CC(NCC(=O)N(C)C)c1ccccn1. The van der Waals surface area contributed by atoms with E-state index in [0.29, 0.717) is 6.54 Å². The number of nitrogens with one attached hydrogen (secondary N) is 1. The number of carbonyl (C=O) groups excluding carboxylic acids is 1. The Bertz CT molecular complexity index is 311. The predicted octanol–water partition coefficient (Wildman–Crippen LogP) is 0.820. The van der Waals surface area contributed by atoms with Gasteiger partial charge in [0.25, 0.3) is 0 Å². The van der Waals surface area contributed by atoms with E-state index in [1.165, 1.54) is 0 Å². The molecular formula is C11H17N3O. The van der Waals surface area contributed by atoms with E-state index in [0.717, 1.165) is 5.69 Å². The molecule has 0 saturated carbocycles. The number of rotatable bonds is 4. The molecule has 0 aliphatic heterocycles. The first-order chi connectivity index (χ1) is 7.11. The zero-order chi connectivity index (χ0) is 11.3. The largest absolute Gasteiger partial charge is 0.348 e. The highest BCUT2D eigenvalue weighted by atomic mass is 16.2. The number of hydrogen-bond acceptors (Lipinski definition) is 3. The van der Waals surface area contributed by atoms with E-state index in [9.17, 15) is 4.79 Å². The minimum atomic E-state index is 0.0674. The van der Waals surface area contributed by atoms with Gasteiger partial charge in [0.1, 0.15) is 0 Å². The third kappa shape index (κ3) is 3.67. The van der Waals surface area contributed by atoms with Gasteiger partial charge in [-0.05, 0) is 19.1 Å². The molecule has 0 saturated heterocycles. The molecule has 0 fully saturated rings. The van der Waals surface area contributed by atoms with Crippen molar-refractivity contribution in [2.45, 2.75) is 13.0 Å². The fourth-order valence-electron chi connectivity index (χ4n) is 1.14. The van der Waals surface area contributed by atoms with Crippen LogP contribution in [0.25, 0.3) is 0 Å². The lowest BCUT2D eigenvalue weighted by Gasteiger charge is -2.15. The molecule has 1 N–H and O–H groups in total. The van der Waals surface area contributed by atoms with Crippen molar-refractivity contribution in [1.82, 2.24) is 15.2 Å². The molecule has 0 aliphatic rings. The maximum Gasteiger partial charge on any atom is 0.236 e. The van der Waals surface area contributed by atoms with E-state index in [-0.39, 0.29) is 11.9 Å². The van der Waals surface area contributed by atoms with Gasteiger partial charge in [-0.1, -0.05) is 6.07 Å². The van der Waals surface area contributed by atoms with Crippen LogP contribution in [0.3, 0.4) is 0 Å². The average molecular weight is 207 g/mol. The fraction of sp³-hybridized carbons (Fsp3) is 0.455. The number of aromatic nitrogens is 1. The van der Waals surface area contributed by atoms with Crippen molar-refractivity contribution < 1.29 is 4.79 Å². The summed E-state index contributed by atoms with van der Waals surface area (Å²) in [6.45, 7) is 2.33. The van der Waals surface area contributed by atoms with Crippen molar-refractivity contribution in [3.63, 3.8) is 0 Å². The molecule has 0 radical (unpaired) electrons. The van der Waals surface area contributed by atoms with Crippen molar-refractivity contribution in [1.29, 1.82) is 0 Å². The Balaban J connectivity index is 2.44. The molecule has 1 heterocycles. The van der Waals surface area contributed by atoms with Gasteiger partial charge in [0.05, 0.1) is 12.2 Å². The summed E-state index contributed by atoms with van der Waals surface area (Å²) in [5, 5.41) is 3.13. The van der Waals surface area contributed by atoms with E-state index in [4.69, 9.17) is 0 Å². The number of amides is 1. The monoisotopic (exact) mass is 207 g/mol. The third-order valence-electron chi connectivity index (χ3n) is 2.19. The molecule has 4 heteroatoms. The van der Waals surface area contributed by atoms with Gasteiger partial charge in [-0.25, -0.2) is 0 Å². The van der Waals surface area contributed by atoms with Gasteiger partial charge in [-0.3, -0.25) is 9.78 Å². The molecule has 0 aromatic carbocycles. The van der Waals surface area contributed by atoms with Gasteiger partial charge in [0.2, 0.25) is 5.91 Å². The van der Waals surface area contributed by atoms with Crippen LogP contribution in [0.2, 0.25) is 0 Å². The van der Waals surface area contributed by atoms with Crippen molar-refractivity contribution in [3.05, 3.63) is 30.1 Å². The van der Waals surface area contributed by atoms with Gasteiger partial charge in [0.15, 0.2) is 0 Å². The minimum Gasteiger partial charge on any atom is -0.348 e. The van der Waals surface area contributed by atoms with Crippen LogP contribution in [0.15, 0.2) is 24.4 Å². The first-order valence-corrected chi connectivity index (χ1v) is 4.95. The van der Waals surface area contributed by atoms with Crippen LogP contribution in [0.4, 0.5) is 0 Å². The second kappa shape index (κ2) is 5.46. The molecule has 82 valence electrons. The zero-order valence-electron chi connectivity index (χ0n) is 9.40. The predicted molar refractivity (Wildman–Crippen MR) is 59.3 cm³/mol. The number of likely N-dealkylation sites (N-methyl/N-ethyl adjacent to an activating group) is 1. The summed E-state index contributed by atoms with van der Waals surface area (Å²) in [6.07, 6.45) is 1.75. The molecule has 0 spiro atoms. The van der Waals surface area contributed by atoms with Crippen LogP contribution in [-0.4, -0.2) is 36.4 Å². The van der Waals surface area contributed by atoms with E-state index >= 15 is 0 Å². The minimum absolute atomic E-state index is 0.0674. The Morgan fingerprint density at radius 1 is 1.53 bits per heavy atom. The topological polar surface area (TPSA) is 45.2 Å². The molecule has 1 unspecified atom stereocenters. The summed E-state index contributed by atoms with van der Waals surface area (Å²) >= 11 is 0. The lowest BCUT2D eigenvalue weighted by Crippen LogP contribution is -2.34. The van der Waals surface area contributed by atoms with Gasteiger partial charge in [0, 0.05) is 26.3 Å². The van der Waals surface area contributed by atoms with E-state index in [2.05, 4.69) is 10.3 Å². The number of carbonyl (C=O) groups is 1. The molecule has 0 bridgehead atoms. The van der Waals surface area contributed by atoms with E-state index < -0.39 is 0 Å². The molecule has 1 amide bonds. The summed E-state index contributed by atoms with van der Waals surface area (Å²) in [4.78, 5) is 17.1. The van der Waals surface area contributed by atoms with Crippen LogP contribution in [0.5, 0.6) is 0 Å². The highest BCUT2D eigenvalue weighted by Gasteiger charge is 2.08. The molecular weight excluding hydrogens is 190 g/mol. The quantitative estimate of drug-likeness (QED) is 0.795. The van der Waals surface area contributed by atoms with Crippen molar-refractivity contribution in [3.8, 4) is 0 Å². The first kappa shape index (κ1) is 11.7. The van der Waals surface area contributed by atoms with Crippen molar-refractivity contribution >= 4 is 5.91 Å². The van der Waals surface area contributed by atoms with Gasteiger partial charge < -0.3 is 10.2 Å². The fourth-order valence-corrected chi connectivity index (χ4v) is 1.14. The zero-order valence-corrected chi connectivity index (χ0v) is 9.40. The molecule has 1 atom stereocenters. The van der Waals surface area contributed by atoms with E-state index in [1.807, 2.05) is 25.1 Å². The standard InChI is InChI=1S/C11H17N3O/c1-9(10-6-4-5-7-12-10)13-8-11(15)14(2)3/h4-7,9,13H,8H2,1-3H3. The highest BCUT2D eigenvalue weighted by molar-refractivity contribution is 5.77. The Kier molecular flexibility index (Phi) is 4.24. The van der Waals surface area contributed by atoms with Crippen molar-refractivity contribution in [2.75, 3.05) is 20.6 Å². The van der Waals surface area contributed by atoms with Crippen molar-refractivity contribution in [2.24, 2.45) is 0 Å². The smallest absolute Gasteiger partial charge is 0.236 e. The van der Waals surface area contributed by atoms with Crippen LogP contribution in [0.1, 0.15) is 18.7 Å². The molecule has 1 aromatic rings. The molecule has 1 rings (SSSR count).